The van der Waals surface area contributed by atoms with Gasteiger partial charge in [0.15, 0.2) is 0 Å². The maximum Gasteiger partial charge on any atom is 0.243 e. The number of nitrogens with zero attached hydrogens (tertiary/aromatic N) is 1. The molecule has 2 saturated carbocycles. The van der Waals surface area contributed by atoms with Crippen LogP contribution in [0.4, 0.5) is 0 Å². The fraction of sp³-hybridized carbons (Fsp3) is 0.840. The van der Waals surface area contributed by atoms with Gasteiger partial charge in [0.1, 0.15) is 5.78 Å². The Morgan fingerprint density at radius 3 is 2.18 bits per heavy atom. The van der Waals surface area contributed by atoms with Crippen LogP contribution in [-0.4, -0.2) is 63.6 Å². The first-order valence-electron chi connectivity index (χ1n) is 12.0. The number of hydrogen-bond acceptors (Lipinski definition) is 6. The molecule has 2 aliphatic carbocycles. The smallest absolute Gasteiger partial charge is 0.243 e. The van der Waals surface area contributed by atoms with Crippen molar-refractivity contribution in [3.8, 4) is 0 Å². The second-order valence-corrected chi connectivity index (χ2v) is 13.5. The summed E-state index contributed by atoms with van der Waals surface area (Å²) in [4.78, 5) is 52.5. The van der Waals surface area contributed by atoms with E-state index in [2.05, 4.69) is 38.3 Å². The summed E-state index contributed by atoms with van der Waals surface area (Å²) in [6, 6.07) is -0.338. The first-order chi connectivity index (χ1) is 15.0. The zero-order valence-corrected chi connectivity index (χ0v) is 22.4. The molecule has 3 amide bonds. The topological polar surface area (TPSA) is 95.6 Å². The van der Waals surface area contributed by atoms with Crippen molar-refractivity contribution in [2.24, 2.45) is 22.7 Å². The summed E-state index contributed by atoms with van der Waals surface area (Å²) >= 11 is 1.36. The van der Waals surface area contributed by atoms with Gasteiger partial charge >= 0.3 is 0 Å². The molecule has 3 fully saturated rings. The van der Waals surface area contributed by atoms with Crippen molar-refractivity contribution < 1.29 is 19.2 Å². The number of Topliss-reactive ketones (excluding diaryl/α,β-unsaturated/α-hetero) is 1. The fourth-order valence-electron chi connectivity index (χ4n) is 5.98. The van der Waals surface area contributed by atoms with Crippen molar-refractivity contribution in [3.63, 3.8) is 0 Å². The van der Waals surface area contributed by atoms with E-state index in [4.69, 9.17) is 0 Å². The van der Waals surface area contributed by atoms with E-state index in [0.717, 1.165) is 6.42 Å². The molecule has 1 saturated heterocycles. The van der Waals surface area contributed by atoms with Gasteiger partial charge in [0.2, 0.25) is 17.7 Å². The lowest BCUT2D eigenvalue weighted by Crippen LogP contribution is -2.53. The number of thioether (sulfide) groups is 1. The predicted octanol–water partition coefficient (Wildman–Crippen LogP) is 2.77. The van der Waals surface area contributed by atoms with Crippen LogP contribution in [0.5, 0.6) is 0 Å². The number of nitrogens with one attached hydrogen (secondary N) is 2. The molecular formula is C25H41N3O4S. The lowest BCUT2D eigenvalue weighted by atomic mass is 9.87. The largest absolute Gasteiger partial charge is 0.350 e. The zero-order chi connectivity index (χ0) is 25.1. The summed E-state index contributed by atoms with van der Waals surface area (Å²) < 4.78 is 0. The molecule has 0 aromatic rings. The van der Waals surface area contributed by atoms with Crippen LogP contribution in [0.1, 0.15) is 74.7 Å². The second kappa shape index (κ2) is 8.36. The number of ketones is 1. The van der Waals surface area contributed by atoms with Gasteiger partial charge < -0.3 is 10.6 Å². The minimum absolute atomic E-state index is 0.0104. The summed E-state index contributed by atoms with van der Waals surface area (Å²) in [7, 11) is 1.72. The number of likely N-dealkylation sites (N-methyl/N-ethyl adjacent to an activating group) is 1. The Balaban J connectivity index is 1.66. The number of rotatable bonds is 10. The molecule has 0 spiro atoms. The molecule has 3 rings (SSSR count). The molecule has 33 heavy (non-hydrogen) atoms. The second-order valence-electron chi connectivity index (χ2n) is 12.3. The molecule has 2 N–H and O–H groups in total. The van der Waals surface area contributed by atoms with Crippen LogP contribution >= 0.6 is 11.8 Å². The molecule has 8 heteroatoms. The lowest BCUT2D eigenvalue weighted by Gasteiger charge is -2.37. The molecule has 0 bridgehead atoms. The molecule has 1 aliphatic heterocycles. The van der Waals surface area contributed by atoms with E-state index < -0.39 is 16.2 Å². The van der Waals surface area contributed by atoms with Gasteiger partial charge in [-0.15, -0.1) is 11.8 Å². The van der Waals surface area contributed by atoms with Gasteiger partial charge in [0, 0.05) is 23.3 Å². The third kappa shape index (κ3) is 4.75. The quantitative estimate of drug-likeness (QED) is 0.468. The van der Waals surface area contributed by atoms with Crippen molar-refractivity contribution in [2.45, 2.75) is 97.0 Å². The van der Waals surface area contributed by atoms with Crippen molar-refractivity contribution in [2.75, 3.05) is 12.8 Å². The summed E-state index contributed by atoms with van der Waals surface area (Å²) in [5.74, 6) is 0.419. The highest BCUT2D eigenvalue weighted by Crippen LogP contribution is 2.61. The summed E-state index contributed by atoms with van der Waals surface area (Å²) in [6.07, 6.45) is 1.89. The van der Waals surface area contributed by atoms with Gasteiger partial charge in [-0.25, -0.2) is 0 Å². The van der Waals surface area contributed by atoms with Crippen LogP contribution in [0, 0.1) is 22.7 Å². The Hall–Kier alpha value is -1.41. The summed E-state index contributed by atoms with van der Waals surface area (Å²) in [5.41, 5.74) is -1.39. The van der Waals surface area contributed by atoms with Gasteiger partial charge in [0.25, 0.3) is 0 Å². The highest BCUT2D eigenvalue weighted by atomic mass is 32.2. The van der Waals surface area contributed by atoms with Gasteiger partial charge in [-0.3, -0.25) is 24.1 Å². The number of imide groups is 1. The molecule has 0 aromatic heterocycles. The maximum atomic E-state index is 13.3. The molecule has 0 radical (unpaired) electrons. The SMILES string of the molecule is CN[C@@H](CSC1CC(=O)N(C(C)(C)C2CC2(C)C(=O)NC(C)(C)C2CC2(C)C)C1=O)C(C)=O. The Bertz CT molecular complexity index is 868. The highest BCUT2D eigenvalue weighted by Gasteiger charge is 2.66. The number of carbonyl (C=O) groups excluding carboxylic acids is 4. The normalized spacial score (nSPS) is 32.0. The standard InChI is InChI=1S/C25H41N3O4S/c1-14(29)15(26-9)13-33-16-10-19(30)28(20(16)31)24(6,7)18-12-25(18,8)21(32)27-23(4,5)17-11-22(17,2)3/h15-18,26H,10-13H2,1-9H3,(H,27,32)/t15-,16?,17?,18?,25?/m0/s1. The van der Waals surface area contributed by atoms with Gasteiger partial charge in [-0.2, -0.15) is 0 Å². The predicted molar refractivity (Wildman–Crippen MR) is 131 cm³/mol. The third-order valence-electron chi connectivity index (χ3n) is 8.41. The Kier molecular flexibility index (Phi) is 6.64. The summed E-state index contributed by atoms with van der Waals surface area (Å²) in [6.45, 7) is 15.9. The minimum atomic E-state index is -0.748. The van der Waals surface area contributed by atoms with Crippen LogP contribution in [0.25, 0.3) is 0 Å². The Morgan fingerprint density at radius 1 is 1.12 bits per heavy atom. The van der Waals surface area contributed by atoms with Gasteiger partial charge in [0.05, 0.1) is 16.7 Å². The van der Waals surface area contributed by atoms with Crippen LogP contribution < -0.4 is 10.6 Å². The van der Waals surface area contributed by atoms with E-state index in [0.29, 0.717) is 18.1 Å². The monoisotopic (exact) mass is 479 g/mol. The molecule has 3 aliphatic rings. The van der Waals surface area contributed by atoms with Crippen LogP contribution in [0.15, 0.2) is 0 Å². The maximum absolute atomic E-state index is 13.3. The van der Waals surface area contributed by atoms with E-state index >= 15 is 0 Å². The third-order valence-corrected chi connectivity index (χ3v) is 9.71. The molecule has 1 heterocycles. The van der Waals surface area contributed by atoms with E-state index in [-0.39, 0.29) is 52.8 Å². The average Bonchev–Trinajstić information content (AvgIpc) is 3.52. The first-order valence-corrected chi connectivity index (χ1v) is 13.0. The van der Waals surface area contributed by atoms with Crippen LogP contribution in [0.2, 0.25) is 0 Å². The number of amides is 3. The van der Waals surface area contributed by atoms with Crippen LogP contribution in [0.3, 0.4) is 0 Å². The molecule has 186 valence electrons. The van der Waals surface area contributed by atoms with E-state index in [1.165, 1.54) is 23.6 Å². The minimum Gasteiger partial charge on any atom is -0.350 e. The van der Waals surface area contributed by atoms with Crippen LogP contribution in [-0.2, 0) is 19.2 Å². The average molecular weight is 480 g/mol. The Labute approximate surface area is 202 Å². The fourth-order valence-corrected chi connectivity index (χ4v) is 7.31. The molecule has 0 aromatic carbocycles. The lowest BCUT2D eigenvalue weighted by molar-refractivity contribution is -0.146. The van der Waals surface area contributed by atoms with Crippen molar-refractivity contribution in [1.82, 2.24) is 15.5 Å². The summed E-state index contributed by atoms with van der Waals surface area (Å²) in [5, 5.41) is 5.75. The highest BCUT2D eigenvalue weighted by molar-refractivity contribution is 8.00. The number of hydrogen-bond donors (Lipinski definition) is 2. The number of likely N-dealkylation sites (tertiary alicyclic amines) is 1. The van der Waals surface area contributed by atoms with Crippen molar-refractivity contribution >= 4 is 35.3 Å². The van der Waals surface area contributed by atoms with Gasteiger partial charge in [-0.1, -0.05) is 20.8 Å². The van der Waals surface area contributed by atoms with E-state index in [1.54, 1.807) is 7.05 Å². The van der Waals surface area contributed by atoms with Crippen molar-refractivity contribution in [1.29, 1.82) is 0 Å². The van der Waals surface area contributed by atoms with E-state index in [9.17, 15) is 19.2 Å². The number of carbonyl (C=O) groups is 4. The molecule has 4 unspecified atom stereocenters. The molecule has 7 nitrogen and oxygen atoms in total. The van der Waals surface area contributed by atoms with Gasteiger partial charge in [-0.05, 0) is 71.8 Å². The zero-order valence-electron chi connectivity index (χ0n) is 21.6. The Morgan fingerprint density at radius 2 is 1.70 bits per heavy atom. The van der Waals surface area contributed by atoms with E-state index in [1.807, 2.05) is 20.8 Å². The van der Waals surface area contributed by atoms with Crippen molar-refractivity contribution in [3.05, 3.63) is 0 Å². The molecular weight excluding hydrogens is 438 g/mol. The molecule has 5 atom stereocenters. The first kappa shape index (κ1) is 26.2.